The van der Waals surface area contributed by atoms with E-state index >= 15 is 0 Å². The first-order valence-corrected chi connectivity index (χ1v) is 7.96. The van der Waals surface area contributed by atoms with Crippen molar-refractivity contribution in [2.24, 2.45) is 0 Å². The largest absolute Gasteiger partial charge is 0.312 e. The molecule has 1 N–H and O–H groups in total. The lowest BCUT2D eigenvalue weighted by atomic mass is 9.85. The molecule has 1 heterocycles. The Morgan fingerprint density at radius 2 is 2.00 bits per heavy atom. The standard InChI is InChI=1S/C15H20BrNS/c1-5-17-9-13-14(15(2,3)4)11-8-10(16)6-7-12(11)18-13/h6-8,17H,5,9H2,1-4H3. The van der Waals surface area contributed by atoms with E-state index in [4.69, 9.17) is 0 Å². The highest BCUT2D eigenvalue weighted by Gasteiger charge is 2.23. The van der Waals surface area contributed by atoms with E-state index < -0.39 is 0 Å². The topological polar surface area (TPSA) is 12.0 Å². The maximum atomic E-state index is 3.58. The van der Waals surface area contributed by atoms with Crippen LogP contribution in [0.4, 0.5) is 0 Å². The smallest absolute Gasteiger partial charge is 0.0350 e. The number of benzene rings is 1. The quantitative estimate of drug-likeness (QED) is 0.830. The second-order valence-electron chi connectivity index (χ2n) is 5.57. The summed E-state index contributed by atoms with van der Waals surface area (Å²) in [6.45, 7) is 11.0. The van der Waals surface area contributed by atoms with Gasteiger partial charge < -0.3 is 5.32 Å². The first-order chi connectivity index (χ1) is 8.43. The number of nitrogens with one attached hydrogen (secondary N) is 1. The SMILES string of the molecule is CCNCc1sc2ccc(Br)cc2c1C(C)(C)C. The van der Waals surface area contributed by atoms with Gasteiger partial charge in [-0.1, -0.05) is 43.6 Å². The fraction of sp³-hybridized carbons (Fsp3) is 0.467. The van der Waals surface area contributed by atoms with E-state index in [-0.39, 0.29) is 5.41 Å². The van der Waals surface area contributed by atoms with E-state index in [1.807, 2.05) is 11.3 Å². The van der Waals surface area contributed by atoms with Crippen molar-refractivity contribution in [2.75, 3.05) is 6.54 Å². The molecule has 0 aliphatic rings. The number of hydrogen-bond acceptors (Lipinski definition) is 2. The lowest BCUT2D eigenvalue weighted by molar-refractivity contribution is 0.585. The number of hydrogen-bond donors (Lipinski definition) is 1. The van der Waals surface area contributed by atoms with Gasteiger partial charge in [0, 0.05) is 20.6 Å². The van der Waals surface area contributed by atoms with Crippen LogP contribution < -0.4 is 5.32 Å². The summed E-state index contributed by atoms with van der Waals surface area (Å²) in [5.74, 6) is 0. The predicted octanol–water partition coefficient (Wildman–Crippen LogP) is 5.07. The molecule has 0 unspecified atom stereocenters. The van der Waals surface area contributed by atoms with Crippen LogP contribution in [0.25, 0.3) is 10.1 Å². The van der Waals surface area contributed by atoms with E-state index in [1.165, 1.54) is 20.5 Å². The number of fused-ring (bicyclic) bond motifs is 1. The lowest BCUT2D eigenvalue weighted by Gasteiger charge is -2.21. The highest BCUT2D eigenvalue weighted by Crippen LogP contribution is 2.40. The molecule has 0 fully saturated rings. The maximum absolute atomic E-state index is 3.58. The fourth-order valence-corrected chi connectivity index (χ4v) is 4.03. The van der Waals surface area contributed by atoms with Gasteiger partial charge >= 0.3 is 0 Å². The van der Waals surface area contributed by atoms with Crippen molar-refractivity contribution in [2.45, 2.75) is 39.7 Å². The van der Waals surface area contributed by atoms with Crippen LogP contribution in [0.15, 0.2) is 22.7 Å². The molecule has 2 aromatic rings. The molecule has 3 heteroatoms. The van der Waals surface area contributed by atoms with Crippen molar-refractivity contribution in [1.82, 2.24) is 5.32 Å². The summed E-state index contributed by atoms with van der Waals surface area (Å²) in [6, 6.07) is 6.60. The lowest BCUT2D eigenvalue weighted by Crippen LogP contribution is -2.17. The van der Waals surface area contributed by atoms with E-state index in [0.717, 1.165) is 17.6 Å². The zero-order chi connectivity index (χ0) is 13.3. The zero-order valence-corrected chi connectivity index (χ0v) is 13.8. The Kier molecular flexibility index (Phi) is 4.15. The van der Waals surface area contributed by atoms with Gasteiger partial charge in [0.1, 0.15) is 0 Å². The van der Waals surface area contributed by atoms with E-state index in [2.05, 4.69) is 67.1 Å². The summed E-state index contributed by atoms with van der Waals surface area (Å²) in [5.41, 5.74) is 1.67. The Balaban J connectivity index is 2.62. The van der Waals surface area contributed by atoms with Crippen molar-refractivity contribution in [3.63, 3.8) is 0 Å². The van der Waals surface area contributed by atoms with Crippen LogP contribution in [-0.4, -0.2) is 6.54 Å². The molecule has 98 valence electrons. The van der Waals surface area contributed by atoms with Crippen molar-refractivity contribution in [1.29, 1.82) is 0 Å². The van der Waals surface area contributed by atoms with Gasteiger partial charge in [-0.25, -0.2) is 0 Å². The second-order valence-corrected chi connectivity index (χ2v) is 7.62. The molecule has 0 amide bonds. The van der Waals surface area contributed by atoms with Crippen LogP contribution in [0.5, 0.6) is 0 Å². The summed E-state index contributed by atoms with van der Waals surface area (Å²) in [5, 5.41) is 4.85. The van der Waals surface area contributed by atoms with Gasteiger partial charge in [0.15, 0.2) is 0 Å². The molecule has 0 radical (unpaired) electrons. The molecule has 2 rings (SSSR count). The highest BCUT2D eigenvalue weighted by atomic mass is 79.9. The van der Waals surface area contributed by atoms with Crippen molar-refractivity contribution in [3.05, 3.63) is 33.1 Å². The molecular formula is C15H20BrNS. The summed E-state index contributed by atoms with van der Waals surface area (Å²) in [6.07, 6.45) is 0. The van der Waals surface area contributed by atoms with Gasteiger partial charge in [-0.15, -0.1) is 11.3 Å². The van der Waals surface area contributed by atoms with Crippen molar-refractivity contribution >= 4 is 37.4 Å². The molecule has 0 aliphatic heterocycles. The minimum atomic E-state index is 0.184. The normalized spacial score (nSPS) is 12.3. The summed E-state index contributed by atoms with van der Waals surface area (Å²) < 4.78 is 2.55. The Morgan fingerprint density at radius 1 is 1.28 bits per heavy atom. The zero-order valence-electron chi connectivity index (χ0n) is 11.4. The molecule has 0 spiro atoms. The Bertz CT molecular complexity index is 551. The Morgan fingerprint density at radius 3 is 2.61 bits per heavy atom. The van der Waals surface area contributed by atoms with Gasteiger partial charge in [-0.3, -0.25) is 0 Å². The van der Waals surface area contributed by atoms with Crippen LogP contribution >= 0.6 is 27.3 Å². The molecule has 1 aromatic carbocycles. The second kappa shape index (κ2) is 5.32. The van der Waals surface area contributed by atoms with Crippen LogP contribution in [0.2, 0.25) is 0 Å². The molecule has 0 atom stereocenters. The van der Waals surface area contributed by atoms with E-state index in [9.17, 15) is 0 Å². The summed E-state index contributed by atoms with van der Waals surface area (Å²) in [7, 11) is 0. The van der Waals surface area contributed by atoms with Crippen LogP contribution in [0, 0.1) is 0 Å². The summed E-state index contributed by atoms with van der Waals surface area (Å²) in [4.78, 5) is 1.47. The minimum absolute atomic E-state index is 0.184. The molecule has 0 saturated carbocycles. The first kappa shape index (κ1) is 14.0. The third-order valence-corrected chi connectivity index (χ3v) is 4.67. The van der Waals surface area contributed by atoms with Gasteiger partial charge in [0.2, 0.25) is 0 Å². The molecule has 18 heavy (non-hydrogen) atoms. The van der Waals surface area contributed by atoms with Crippen LogP contribution in [-0.2, 0) is 12.0 Å². The van der Waals surface area contributed by atoms with Crippen LogP contribution in [0.3, 0.4) is 0 Å². The summed E-state index contributed by atoms with van der Waals surface area (Å²) >= 11 is 5.50. The first-order valence-electron chi connectivity index (χ1n) is 6.35. The monoisotopic (exact) mass is 325 g/mol. The minimum Gasteiger partial charge on any atom is -0.312 e. The van der Waals surface area contributed by atoms with E-state index in [0.29, 0.717) is 0 Å². The molecule has 0 aliphatic carbocycles. The number of rotatable bonds is 3. The Hall–Kier alpha value is -0.380. The van der Waals surface area contributed by atoms with Crippen LogP contribution in [0.1, 0.15) is 38.1 Å². The number of halogens is 1. The van der Waals surface area contributed by atoms with Gasteiger partial charge in [0.25, 0.3) is 0 Å². The van der Waals surface area contributed by atoms with E-state index in [1.54, 1.807) is 0 Å². The van der Waals surface area contributed by atoms with Gasteiger partial charge in [0.05, 0.1) is 0 Å². The molecule has 0 saturated heterocycles. The maximum Gasteiger partial charge on any atom is 0.0350 e. The molecule has 1 aromatic heterocycles. The van der Waals surface area contributed by atoms with Gasteiger partial charge in [-0.2, -0.15) is 0 Å². The third kappa shape index (κ3) is 2.79. The average molecular weight is 326 g/mol. The highest BCUT2D eigenvalue weighted by molar-refractivity contribution is 9.10. The van der Waals surface area contributed by atoms with Crippen molar-refractivity contribution in [3.8, 4) is 0 Å². The molecule has 1 nitrogen and oxygen atoms in total. The predicted molar refractivity (Wildman–Crippen MR) is 85.6 cm³/mol. The number of thiophene rings is 1. The fourth-order valence-electron chi connectivity index (χ4n) is 2.31. The Labute approximate surface area is 122 Å². The van der Waals surface area contributed by atoms with Crippen molar-refractivity contribution < 1.29 is 0 Å². The van der Waals surface area contributed by atoms with Gasteiger partial charge in [-0.05, 0) is 41.1 Å². The molecular weight excluding hydrogens is 306 g/mol. The average Bonchev–Trinajstić information content (AvgIpc) is 2.63. The third-order valence-electron chi connectivity index (χ3n) is 3.01. The molecule has 0 bridgehead atoms.